The summed E-state index contributed by atoms with van der Waals surface area (Å²) in [6, 6.07) is 7.20. The van der Waals surface area contributed by atoms with Gasteiger partial charge in [-0.05, 0) is 24.3 Å². The Morgan fingerprint density at radius 1 is 1.42 bits per heavy atom. The molecule has 1 aromatic rings. The van der Waals surface area contributed by atoms with Crippen molar-refractivity contribution in [3.05, 3.63) is 24.3 Å². The van der Waals surface area contributed by atoms with Gasteiger partial charge in [0.1, 0.15) is 5.75 Å². The number of carboxylic acid groups (broad SMARTS) is 1. The van der Waals surface area contributed by atoms with Crippen molar-refractivity contribution in [1.82, 2.24) is 5.32 Å². The maximum absolute atomic E-state index is 11.6. The third kappa shape index (κ3) is 3.15. The summed E-state index contributed by atoms with van der Waals surface area (Å²) >= 11 is 0. The number of nitrogens with zero attached hydrogens (tertiary/aromatic N) is 1. The maximum atomic E-state index is 11.6. The summed E-state index contributed by atoms with van der Waals surface area (Å²) in [6.07, 6.45) is 0. The van der Waals surface area contributed by atoms with Gasteiger partial charge in [0, 0.05) is 18.8 Å². The molecular formula is C13H16N2O4. The van der Waals surface area contributed by atoms with E-state index in [-0.39, 0.29) is 19.0 Å². The highest BCUT2D eigenvalue weighted by molar-refractivity contribution is 5.83. The summed E-state index contributed by atoms with van der Waals surface area (Å²) in [5.41, 5.74) is 0.809. The molecule has 1 amide bonds. The van der Waals surface area contributed by atoms with Crippen molar-refractivity contribution in [3.8, 4) is 5.75 Å². The number of carbonyl (C=O) groups is 2. The fourth-order valence-corrected chi connectivity index (χ4v) is 2.02. The number of anilines is 1. The smallest absolute Gasteiger partial charge is 0.310 e. The number of rotatable bonds is 3. The van der Waals surface area contributed by atoms with Crippen LogP contribution in [-0.4, -0.2) is 43.7 Å². The minimum atomic E-state index is -0.902. The second kappa shape index (κ2) is 5.60. The first-order valence-corrected chi connectivity index (χ1v) is 5.98. The minimum Gasteiger partial charge on any atom is -0.497 e. The standard InChI is InChI=1S/C13H16N2O4/c1-19-11-4-2-10(3-5-11)15-7-9(13(17)18)6-14-12(16)8-15/h2-5,9H,6-8H2,1H3,(H,14,16)(H,17,18). The average Bonchev–Trinajstić information content (AvgIpc) is 2.61. The lowest BCUT2D eigenvalue weighted by molar-refractivity contribution is -0.141. The van der Waals surface area contributed by atoms with Crippen LogP contribution in [0.25, 0.3) is 0 Å². The number of methoxy groups -OCH3 is 1. The summed E-state index contributed by atoms with van der Waals surface area (Å²) < 4.78 is 5.07. The van der Waals surface area contributed by atoms with Crippen molar-refractivity contribution in [1.29, 1.82) is 0 Å². The second-order valence-electron chi connectivity index (χ2n) is 4.42. The Balaban J connectivity index is 2.19. The number of ether oxygens (including phenoxy) is 1. The van der Waals surface area contributed by atoms with E-state index < -0.39 is 11.9 Å². The van der Waals surface area contributed by atoms with Crippen molar-refractivity contribution < 1.29 is 19.4 Å². The summed E-state index contributed by atoms with van der Waals surface area (Å²) in [4.78, 5) is 24.4. The molecule has 2 rings (SSSR count). The molecule has 1 saturated heterocycles. The molecule has 1 aromatic carbocycles. The Hall–Kier alpha value is -2.24. The van der Waals surface area contributed by atoms with Gasteiger partial charge in [0.15, 0.2) is 0 Å². The number of aliphatic carboxylic acids is 1. The van der Waals surface area contributed by atoms with E-state index in [2.05, 4.69) is 5.32 Å². The predicted molar refractivity (Wildman–Crippen MR) is 69.3 cm³/mol. The van der Waals surface area contributed by atoms with Crippen LogP contribution in [0.2, 0.25) is 0 Å². The van der Waals surface area contributed by atoms with Gasteiger partial charge in [-0.3, -0.25) is 9.59 Å². The third-order valence-electron chi connectivity index (χ3n) is 3.11. The summed E-state index contributed by atoms with van der Waals surface area (Å²) in [7, 11) is 1.58. The highest BCUT2D eigenvalue weighted by Gasteiger charge is 2.26. The van der Waals surface area contributed by atoms with E-state index in [0.29, 0.717) is 6.54 Å². The van der Waals surface area contributed by atoms with Gasteiger partial charge in [-0.1, -0.05) is 0 Å². The van der Waals surface area contributed by atoms with Crippen molar-refractivity contribution in [2.24, 2.45) is 5.92 Å². The first-order valence-electron chi connectivity index (χ1n) is 5.98. The Bertz CT molecular complexity index is 472. The molecule has 1 atom stereocenters. The van der Waals surface area contributed by atoms with E-state index in [1.165, 1.54) is 0 Å². The van der Waals surface area contributed by atoms with Crippen LogP contribution >= 0.6 is 0 Å². The maximum Gasteiger partial charge on any atom is 0.310 e. The van der Waals surface area contributed by atoms with Crippen LogP contribution in [0, 0.1) is 5.92 Å². The van der Waals surface area contributed by atoms with Crippen molar-refractivity contribution in [3.63, 3.8) is 0 Å². The van der Waals surface area contributed by atoms with E-state index >= 15 is 0 Å². The Morgan fingerprint density at radius 2 is 2.11 bits per heavy atom. The van der Waals surface area contributed by atoms with Crippen LogP contribution in [0.5, 0.6) is 5.75 Å². The van der Waals surface area contributed by atoms with Gasteiger partial charge in [-0.25, -0.2) is 0 Å². The first-order chi connectivity index (χ1) is 9.10. The third-order valence-corrected chi connectivity index (χ3v) is 3.11. The van der Waals surface area contributed by atoms with E-state index in [4.69, 9.17) is 9.84 Å². The molecule has 6 heteroatoms. The van der Waals surface area contributed by atoms with Gasteiger partial charge in [0.25, 0.3) is 0 Å². The van der Waals surface area contributed by atoms with Crippen LogP contribution in [0.15, 0.2) is 24.3 Å². The predicted octanol–water partition coefficient (Wildman–Crippen LogP) is 0.332. The van der Waals surface area contributed by atoms with Gasteiger partial charge < -0.3 is 20.1 Å². The van der Waals surface area contributed by atoms with Gasteiger partial charge in [-0.15, -0.1) is 0 Å². The highest BCUT2D eigenvalue weighted by atomic mass is 16.5. The number of amides is 1. The molecule has 1 heterocycles. The van der Waals surface area contributed by atoms with Crippen LogP contribution in [0.1, 0.15) is 0 Å². The van der Waals surface area contributed by atoms with Gasteiger partial charge >= 0.3 is 5.97 Å². The minimum absolute atomic E-state index is 0.163. The lowest BCUT2D eigenvalue weighted by Gasteiger charge is -2.23. The molecule has 0 radical (unpaired) electrons. The largest absolute Gasteiger partial charge is 0.497 e. The molecule has 102 valence electrons. The lowest BCUT2D eigenvalue weighted by atomic mass is 10.1. The zero-order valence-electron chi connectivity index (χ0n) is 10.6. The monoisotopic (exact) mass is 264 g/mol. The first kappa shape index (κ1) is 13.2. The molecular weight excluding hydrogens is 248 g/mol. The topological polar surface area (TPSA) is 78.9 Å². The van der Waals surface area contributed by atoms with Gasteiger partial charge in [0.2, 0.25) is 5.91 Å². The van der Waals surface area contributed by atoms with E-state index in [0.717, 1.165) is 11.4 Å². The second-order valence-corrected chi connectivity index (χ2v) is 4.42. The number of nitrogens with one attached hydrogen (secondary N) is 1. The van der Waals surface area contributed by atoms with Gasteiger partial charge in [0.05, 0.1) is 19.6 Å². The fraction of sp³-hybridized carbons (Fsp3) is 0.385. The van der Waals surface area contributed by atoms with E-state index in [1.807, 2.05) is 12.1 Å². The summed E-state index contributed by atoms with van der Waals surface area (Å²) in [6.45, 7) is 0.636. The number of hydrogen-bond donors (Lipinski definition) is 2. The van der Waals surface area contributed by atoms with Crippen LogP contribution in [-0.2, 0) is 9.59 Å². The fourth-order valence-electron chi connectivity index (χ4n) is 2.02. The SMILES string of the molecule is COc1ccc(N2CC(=O)NCC(C(=O)O)C2)cc1. The zero-order valence-corrected chi connectivity index (χ0v) is 10.6. The quantitative estimate of drug-likeness (QED) is 0.822. The molecule has 0 saturated carbocycles. The Morgan fingerprint density at radius 3 is 2.68 bits per heavy atom. The van der Waals surface area contributed by atoms with Crippen molar-refractivity contribution in [2.75, 3.05) is 31.6 Å². The molecule has 0 spiro atoms. The van der Waals surface area contributed by atoms with Crippen molar-refractivity contribution in [2.45, 2.75) is 0 Å². The average molecular weight is 264 g/mol. The van der Waals surface area contributed by atoms with Gasteiger partial charge in [-0.2, -0.15) is 0 Å². The molecule has 1 fully saturated rings. The molecule has 0 aliphatic carbocycles. The Kier molecular flexibility index (Phi) is 3.89. The molecule has 19 heavy (non-hydrogen) atoms. The van der Waals surface area contributed by atoms with Crippen molar-refractivity contribution >= 4 is 17.6 Å². The zero-order chi connectivity index (χ0) is 13.8. The molecule has 2 N–H and O–H groups in total. The molecule has 1 aliphatic heterocycles. The number of carbonyl (C=O) groups excluding carboxylic acids is 1. The Labute approximate surface area is 111 Å². The van der Waals surface area contributed by atoms with Crippen LogP contribution in [0.3, 0.4) is 0 Å². The molecule has 1 unspecified atom stereocenters. The number of carboxylic acids is 1. The molecule has 1 aliphatic rings. The molecule has 0 aromatic heterocycles. The highest BCUT2D eigenvalue weighted by Crippen LogP contribution is 2.21. The van der Waals surface area contributed by atoms with Crippen LogP contribution < -0.4 is 15.0 Å². The number of hydrogen-bond acceptors (Lipinski definition) is 4. The van der Waals surface area contributed by atoms with E-state index in [9.17, 15) is 9.59 Å². The lowest BCUT2D eigenvalue weighted by Crippen LogP contribution is -2.34. The van der Waals surface area contributed by atoms with E-state index in [1.54, 1.807) is 24.1 Å². The van der Waals surface area contributed by atoms with Crippen LogP contribution in [0.4, 0.5) is 5.69 Å². The summed E-state index contributed by atoms with van der Waals surface area (Å²) in [5, 5.41) is 11.7. The summed E-state index contributed by atoms with van der Waals surface area (Å²) in [5.74, 6) is -0.952. The number of benzene rings is 1. The molecule has 6 nitrogen and oxygen atoms in total. The molecule has 0 bridgehead atoms. The normalized spacial score (nSPS) is 19.5.